The van der Waals surface area contributed by atoms with Crippen LogP contribution < -0.4 is 10.2 Å². The first kappa shape index (κ1) is 13.9. The maximum absolute atomic E-state index is 11.9. The monoisotopic (exact) mass is 262 g/mol. The van der Waals surface area contributed by atoms with Crippen LogP contribution in [0.5, 0.6) is 0 Å². The average molecular weight is 262 g/mol. The average Bonchev–Trinajstić information content (AvgIpc) is 2.41. The second kappa shape index (κ2) is 5.61. The molecule has 2 atom stereocenters. The molecule has 1 aromatic carbocycles. The molecule has 1 aliphatic rings. The van der Waals surface area contributed by atoms with Crippen molar-refractivity contribution in [1.29, 1.82) is 0 Å². The van der Waals surface area contributed by atoms with Crippen LogP contribution in [0.3, 0.4) is 0 Å². The highest BCUT2D eigenvalue weighted by molar-refractivity contribution is 5.87. The van der Waals surface area contributed by atoms with Gasteiger partial charge in [-0.15, -0.1) is 0 Å². The number of amides is 1. The van der Waals surface area contributed by atoms with Crippen molar-refractivity contribution < 1.29 is 9.90 Å². The quantitative estimate of drug-likeness (QED) is 0.868. The zero-order valence-corrected chi connectivity index (χ0v) is 11.8. The van der Waals surface area contributed by atoms with Gasteiger partial charge in [0.2, 0.25) is 5.91 Å². The summed E-state index contributed by atoms with van der Waals surface area (Å²) in [6.07, 6.45) is 0. The van der Waals surface area contributed by atoms with Crippen molar-refractivity contribution in [2.75, 3.05) is 18.1 Å². The van der Waals surface area contributed by atoms with Gasteiger partial charge in [0, 0.05) is 18.3 Å². The van der Waals surface area contributed by atoms with E-state index in [0.717, 1.165) is 5.69 Å². The molecule has 1 saturated heterocycles. The number of nitrogens with zero attached hydrogens (tertiary/aromatic N) is 1. The number of aliphatic hydroxyl groups is 1. The molecule has 4 nitrogen and oxygen atoms in total. The number of rotatable bonds is 3. The molecule has 0 aromatic heterocycles. The van der Waals surface area contributed by atoms with Gasteiger partial charge in [0.25, 0.3) is 0 Å². The number of hydrogen-bond acceptors (Lipinski definition) is 3. The van der Waals surface area contributed by atoms with Crippen molar-refractivity contribution in [3.63, 3.8) is 0 Å². The van der Waals surface area contributed by atoms with E-state index in [0.29, 0.717) is 12.5 Å². The third-order valence-corrected chi connectivity index (χ3v) is 3.69. The van der Waals surface area contributed by atoms with Gasteiger partial charge in [-0.25, -0.2) is 0 Å². The molecule has 2 unspecified atom stereocenters. The molecule has 1 aromatic rings. The summed E-state index contributed by atoms with van der Waals surface area (Å²) in [5.74, 6) is 0.284. The fourth-order valence-electron chi connectivity index (χ4n) is 2.69. The maximum Gasteiger partial charge on any atom is 0.245 e. The van der Waals surface area contributed by atoms with Gasteiger partial charge in [-0.3, -0.25) is 4.79 Å². The standard InChI is InChI=1S/C15H22N2O2/c1-10(2)12-6-4-5-7-13(12)17-11(3)8-16-15(19)14(17)9-18/h4-7,10-11,14,18H,8-9H2,1-3H3,(H,16,19). The maximum atomic E-state index is 11.9. The van der Waals surface area contributed by atoms with E-state index in [2.05, 4.69) is 32.2 Å². The zero-order valence-electron chi connectivity index (χ0n) is 11.8. The van der Waals surface area contributed by atoms with E-state index < -0.39 is 6.04 Å². The van der Waals surface area contributed by atoms with Crippen molar-refractivity contribution in [1.82, 2.24) is 5.32 Å². The highest BCUT2D eigenvalue weighted by Gasteiger charge is 2.34. The molecule has 104 valence electrons. The van der Waals surface area contributed by atoms with E-state index in [9.17, 15) is 9.90 Å². The summed E-state index contributed by atoms with van der Waals surface area (Å²) in [6.45, 7) is 6.80. The first-order valence-electron chi connectivity index (χ1n) is 6.82. The summed E-state index contributed by atoms with van der Waals surface area (Å²) in [5, 5.41) is 12.4. The number of aliphatic hydroxyl groups excluding tert-OH is 1. The molecule has 0 aliphatic carbocycles. The van der Waals surface area contributed by atoms with E-state index in [1.165, 1.54) is 5.56 Å². The number of hydrogen-bond donors (Lipinski definition) is 2. The second-order valence-corrected chi connectivity index (χ2v) is 5.41. The van der Waals surface area contributed by atoms with Crippen LogP contribution in [-0.2, 0) is 4.79 Å². The molecule has 0 spiro atoms. The number of nitrogens with one attached hydrogen (secondary N) is 1. The highest BCUT2D eigenvalue weighted by Crippen LogP contribution is 2.31. The predicted octanol–water partition coefficient (Wildman–Crippen LogP) is 1.50. The molecule has 1 amide bonds. The Morgan fingerprint density at radius 3 is 2.74 bits per heavy atom. The van der Waals surface area contributed by atoms with E-state index in [4.69, 9.17) is 0 Å². The molecule has 2 rings (SSSR count). The van der Waals surface area contributed by atoms with Crippen LogP contribution in [-0.4, -0.2) is 36.2 Å². The Morgan fingerprint density at radius 1 is 1.42 bits per heavy atom. The van der Waals surface area contributed by atoms with E-state index in [-0.39, 0.29) is 18.6 Å². The summed E-state index contributed by atoms with van der Waals surface area (Å²) in [7, 11) is 0. The normalized spacial score (nSPS) is 23.6. The van der Waals surface area contributed by atoms with Crippen LogP contribution in [0.1, 0.15) is 32.3 Å². The molecule has 1 heterocycles. The molecule has 0 radical (unpaired) electrons. The SMILES string of the molecule is CC(C)c1ccccc1N1C(C)CNC(=O)C1CO. The van der Waals surface area contributed by atoms with Crippen molar-refractivity contribution in [3.8, 4) is 0 Å². The Bertz CT molecular complexity index is 459. The molecule has 4 heteroatoms. The van der Waals surface area contributed by atoms with Gasteiger partial charge >= 0.3 is 0 Å². The first-order valence-corrected chi connectivity index (χ1v) is 6.82. The number of benzene rings is 1. The molecule has 19 heavy (non-hydrogen) atoms. The van der Waals surface area contributed by atoms with Crippen molar-refractivity contribution in [2.45, 2.75) is 38.8 Å². The Hall–Kier alpha value is -1.55. The van der Waals surface area contributed by atoms with Gasteiger partial charge in [0.1, 0.15) is 6.04 Å². The molecule has 1 aliphatic heterocycles. The summed E-state index contributed by atoms with van der Waals surface area (Å²) in [5.41, 5.74) is 2.27. The summed E-state index contributed by atoms with van der Waals surface area (Å²) >= 11 is 0. The fraction of sp³-hybridized carbons (Fsp3) is 0.533. The lowest BCUT2D eigenvalue weighted by atomic mass is 9.97. The minimum Gasteiger partial charge on any atom is -0.394 e. The molecule has 0 bridgehead atoms. The molecule has 2 N–H and O–H groups in total. The van der Waals surface area contributed by atoms with Crippen LogP contribution in [0.15, 0.2) is 24.3 Å². The molecule has 1 fully saturated rings. The summed E-state index contributed by atoms with van der Waals surface area (Å²) < 4.78 is 0. The molecular weight excluding hydrogens is 240 g/mol. The van der Waals surface area contributed by atoms with E-state index >= 15 is 0 Å². The fourth-order valence-corrected chi connectivity index (χ4v) is 2.69. The van der Waals surface area contributed by atoms with Gasteiger partial charge in [-0.2, -0.15) is 0 Å². The summed E-state index contributed by atoms with van der Waals surface area (Å²) in [6, 6.07) is 7.80. The van der Waals surface area contributed by atoms with E-state index in [1.807, 2.05) is 23.1 Å². The summed E-state index contributed by atoms with van der Waals surface area (Å²) in [4.78, 5) is 14.0. The Kier molecular flexibility index (Phi) is 4.10. The molecular formula is C15H22N2O2. The smallest absolute Gasteiger partial charge is 0.245 e. The Balaban J connectivity index is 2.45. The van der Waals surface area contributed by atoms with Crippen molar-refractivity contribution in [3.05, 3.63) is 29.8 Å². The Labute approximate surface area is 114 Å². The lowest BCUT2D eigenvalue weighted by Gasteiger charge is -2.42. The highest BCUT2D eigenvalue weighted by atomic mass is 16.3. The van der Waals surface area contributed by atoms with Crippen molar-refractivity contribution >= 4 is 11.6 Å². The van der Waals surface area contributed by atoms with Crippen LogP contribution in [0, 0.1) is 0 Å². The number of carbonyl (C=O) groups is 1. The predicted molar refractivity (Wildman–Crippen MR) is 76.4 cm³/mol. The van der Waals surface area contributed by atoms with Gasteiger partial charge in [0.15, 0.2) is 0 Å². The zero-order chi connectivity index (χ0) is 14.0. The van der Waals surface area contributed by atoms with Gasteiger partial charge in [0.05, 0.1) is 6.61 Å². The topological polar surface area (TPSA) is 52.6 Å². The van der Waals surface area contributed by atoms with Crippen LogP contribution in [0.25, 0.3) is 0 Å². The van der Waals surface area contributed by atoms with Crippen LogP contribution in [0.2, 0.25) is 0 Å². The van der Waals surface area contributed by atoms with Gasteiger partial charge in [-0.1, -0.05) is 32.0 Å². The molecule has 0 saturated carbocycles. The minimum absolute atomic E-state index is 0.0980. The van der Waals surface area contributed by atoms with Crippen LogP contribution >= 0.6 is 0 Å². The number of para-hydroxylation sites is 1. The second-order valence-electron chi connectivity index (χ2n) is 5.41. The van der Waals surface area contributed by atoms with E-state index in [1.54, 1.807) is 0 Å². The third-order valence-electron chi connectivity index (χ3n) is 3.69. The lowest BCUT2D eigenvalue weighted by molar-refractivity contribution is -0.124. The third kappa shape index (κ3) is 2.59. The minimum atomic E-state index is -0.497. The lowest BCUT2D eigenvalue weighted by Crippen LogP contribution is -2.61. The Morgan fingerprint density at radius 2 is 2.11 bits per heavy atom. The van der Waals surface area contributed by atoms with Crippen molar-refractivity contribution in [2.24, 2.45) is 0 Å². The number of anilines is 1. The van der Waals surface area contributed by atoms with Gasteiger partial charge < -0.3 is 15.3 Å². The number of carbonyl (C=O) groups excluding carboxylic acids is 1. The number of piperazine rings is 1. The largest absolute Gasteiger partial charge is 0.394 e. The van der Waals surface area contributed by atoms with Gasteiger partial charge in [-0.05, 0) is 24.5 Å². The first-order chi connectivity index (χ1) is 9.06. The van der Waals surface area contributed by atoms with Crippen LogP contribution in [0.4, 0.5) is 5.69 Å².